The third-order valence-electron chi connectivity index (χ3n) is 4.33. The number of hydrogen-bond acceptors (Lipinski definition) is 4. The summed E-state index contributed by atoms with van der Waals surface area (Å²) >= 11 is 0. The van der Waals surface area contributed by atoms with Crippen LogP contribution in [0, 0.1) is 6.92 Å². The molecule has 2 heterocycles. The molecule has 0 saturated carbocycles. The van der Waals surface area contributed by atoms with Crippen LogP contribution >= 0.6 is 0 Å². The second-order valence-corrected chi connectivity index (χ2v) is 8.34. The van der Waals surface area contributed by atoms with E-state index >= 15 is 0 Å². The van der Waals surface area contributed by atoms with Crippen molar-refractivity contribution in [3.8, 4) is 0 Å². The van der Waals surface area contributed by atoms with Gasteiger partial charge in [0.15, 0.2) is 6.04 Å². The number of aryl methyl sites for hydroxylation is 1. The molecule has 0 aromatic heterocycles. The minimum absolute atomic E-state index is 0.164. The number of hydrogen-bond donors (Lipinski definition) is 0. The van der Waals surface area contributed by atoms with E-state index in [2.05, 4.69) is 10.0 Å². The maximum Gasteiger partial charge on any atom is 0.244 e. The van der Waals surface area contributed by atoms with Crippen LogP contribution in [0.2, 0.25) is 0 Å². The Morgan fingerprint density at radius 1 is 1.30 bits per heavy atom. The van der Waals surface area contributed by atoms with Crippen molar-refractivity contribution in [2.75, 3.05) is 6.54 Å². The molecule has 2 fully saturated rings. The lowest BCUT2D eigenvalue weighted by atomic mass is 9.97. The van der Waals surface area contributed by atoms with E-state index in [1.54, 1.807) is 38.1 Å². The molecule has 0 aliphatic carbocycles. The Morgan fingerprint density at radius 3 is 2.48 bits per heavy atom. The minimum Gasteiger partial charge on any atom is -0.318 e. The van der Waals surface area contributed by atoms with E-state index in [1.807, 2.05) is 6.92 Å². The highest BCUT2D eigenvalue weighted by Crippen LogP contribution is 2.43. The molecule has 1 aromatic carbocycles. The summed E-state index contributed by atoms with van der Waals surface area (Å²) in [5.74, 6) is -0.334. The lowest BCUT2D eigenvalue weighted by Gasteiger charge is -2.47. The summed E-state index contributed by atoms with van der Waals surface area (Å²) < 4.78 is 27.1. The zero-order valence-corrected chi connectivity index (χ0v) is 13.9. The highest BCUT2D eigenvalue weighted by Gasteiger charge is 2.63. The Hall–Kier alpha value is -2.09. The van der Waals surface area contributed by atoms with E-state index in [1.165, 1.54) is 9.21 Å². The van der Waals surface area contributed by atoms with Crippen molar-refractivity contribution in [2.24, 2.45) is 5.11 Å². The molecule has 0 bridgehead atoms. The molecule has 23 heavy (non-hydrogen) atoms. The first-order chi connectivity index (χ1) is 10.7. The Kier molecular flexibility index (Phi) is 3.40. The van der Waals surface area contributed by atoms with Crippen molar-refractivity contribution in [3.63, 3.8) is 0 Å². The standard InChI is InChI=1S/C14H17N5O3S/c1-9-4-6-10(7-5-9)23(21,22)18-8-14(2,3)19-12(18)11(13(19)20)16-17-15/h4-7,11-12H,8H2,1-3H3/t11-,12-/m0/s1. The van der Waals surface area contributed by atoms with Crippen LogP contribution in [0.1, 0.15) is 19.4 Å². The number of β-lactam (4-membered cyclic amide) rings is 1. The van der Waals surface area contributed by atoms with Gasteiger partial charge in [-0.15, -0.1) is 0 Å². The van der Waals surface area contributed by atoms with Gasteiger partial charge in [0, 0.05) is 11.5 Å². The lowest BCUT2D eigenvalue weighted by Crippen LogP contribution is -2.68. The van der Waals surface area contributed by atoms with Crippen molar-refractivity contribution in [3.05, 3.63) is 40.3 Å². The predicted molar refractivity (Wildman–Crippen MR) is 82.7 cm³/mol. The van der Waals surface area contributed by atoms with Crippen LogP contribution < -0.4 is 0 Å². The highest BCUT2D eigenvalue weighted by molar-refractivity contribution is 7.89. The molecule has 0 radical (unpaired) electrons. The number of amides is 1. The average molecular weight is 335 g/mol. The highest BCUT2D eigenvalue weighted by atomic mass is 32.2. The molecule has 1 amide bonds. The largest absolute Gasteiger partial charge is 0.318 e. The number of carbonyl (C=O) groups excluding carboxylic acids is 1. The monoisotopic (exact) mass is 335 g/mol. The molecule has 2 aliphatic heterocycles. The number of benzene rings is 1. The number of azide groups is 1. The third-order valence-corrected chi connectivity index (χ3v) is 6.16. The van der Waals surface area contributed by atoms with Gasteiger partial charge < -0.3 is 4.90 Å². The number of nitrogens with zero attached hydrogens (tertiary/aromatic N) is 5. The first-order valence-corrected chi connectivity index (χ1v) is 8.60. The second-order valence-electron chi connectivity index (χ2n) is 6.45. The summed E-state index contributed by atoms with van der Waals surface area (Å²) in [7, 11) is -3.78. The van der Waals surface area contributed by atoms with E-state index in [9.17, 15) is 13.2 Å². The first-order valence-electron chi connectivity index (χ1n) is 7.16. The molecular formula is C14H17N5O3S. The van der Waals surface area contributed by atoms with E-state index in [0.717, 1.165) is 5.56 Å². The van der Waals surface area contributed by atoms with E-state index in [4.69, 9.17) is 5.53 Å². The average Bonchev–Trinajstić information content (AvgIpc) is 2.73. The number of rotatable bonds is 3. The van der Waals surface area contributed by atoms with Crippen LogP contribution in [0.5, 0.6) is 0 Å². The summed E-state index contributed by atoms with van der Waals surface area (Å²) in [6, 6.07) is 5.54. The molecule has 0 N–H and O–H groups in total. The molecule has 3 rings (SSSR count). The van der Waals surface area contributed by atoms with Gasteiger partial charge in [0.1, 0.15) is 6.17 Å². The molecule has 0 spiro atoms. The van der Waals surface area contributed by atoms with Gasteiger partial charge in [0.05, 0.1) is 10.4 Å². The van der Waals surface area contributed by atoms with Crippen LogP contribution in [-0.2, 0) is 14.8 Å². The summed E-state index contributed by atoms with van der Waals surface area (Å²) in [6.07, 6.45) is -0.750. The minimum atomic E-state index is -3.78. The normalized spacial score (nSPS) is 26.4. The Bertz CT molecular complexity index is 811. The van der Waals surface area contributed by atoms with Crippen LogP contribution in [-0.4, -0.2) is 47.8 Å². The van der Waals surface area contributed by atoms with E-state index in [0.29, 0.717) is 0 Å². The summed E-state index contributed by atoms with van der Waals surface area (Å²) in [5.41, 5.74) is 8.94. The predicted octanol–water partition coefficient (Wildman–Crippen LogP) is 1.63. The smallest absolute Gasteiger partial charge is 0.244 e. The summed E-state index contributed by atoms with van der Waals surface area (Å²) in [5, 5.41) is 3.47. The van der Waals surface area contributed by atoms with Crippen LogP contribution in [0.15, 0.2) is 34.3 Å². The van der Waals surface area contributed by atoms with Gasteiger partial charge in [0.2, 0.25) is 15.9 Å². The molecule has 122 valence electrons. The van der Waals surface area contributed by atoms with Crippen molar-refractivity contribution < 1.29 is 13.2 Å². The maximum absolute atomic E-state index is 12.9. The molecule has 2 aliphatic rings. The molecular weight excluding hydrogens is 318 g/mol. The summed E-state index contributed by atoms with van der Waals surface area (Å²) in [6.45, 7) is 5.64. The van der Waals surface area contributed by atoms with Crippen molar-refractivity contribution in [1.29, 1.82) is 0 Å². The van der Waals surface area contributed by atoms with Crippen molar-refractivity contribution in [2.45, 2.75) is 43.4 Å². The Balaban J connectivity index is 2.03. The fourth-order valence-electron chi connectivity index (χ4n) is 3.19. The zero-order chi connectivity index (χ0) is 17.0. The fraction of sp³-hybridized carbons (Fsp3) is 0.500. The van der Waals surface area contributed by atoms with Crippen LogP contribution in [0.25, 0.3) is 10.4 Å². The van der Waals surface area contributed by atoms with Gasteiger partial charge >= 0.3 is 0 Å². The van der Waals surface area contributed by atoms with Gasteiger partial charge in [-0.25, -0.2) is 8.42 Å². The molecule has 9 heteroatoms. The zero-order valence-electron chi connectivity index (χ0n) is 13.0. The summed E-state index contributed by atoms with van der Waals surface area (Å²) in [4.78, 5) is 16.5. The Morgan fingerprint density at radius 2 is 1.91 bits per heavy atom. The maximum atomic E-state index is 12.9. The lowest BCUT2D eigenvalue weighted by molar-refractivity contribution is -0.155. The van der Waals surface area contributed by atoms with E-state index in [-0.39, 0.29) is 17.3 Å². The topological polar surface area (TPSA) is 106 Å². The van der Waals surface area contributed by atoms with Gasteiger partial charge in [-0.1, -0.05) is 22.8 Å². The molecule has 2 atom stereocenters. The Labute approximate surface area is 134 Å². The molecule has 8 nitrogen and oxygen atoms in total. The first kappa shape index (κ1) is 15.8. The van der Waals surface area contributed by atoms with Crippen molar-refractivity contribution >= 4 is 15.9 Å². The second kappa shape index (κ2) is 4.95. The quantitative estimate of drug-likeness (QED) is 0.362. The van der Waals surface area contributed by atoms with Crippen LogP contribution in [0.4, 0.5) is 0 Å². The fourth-order valence-corrected chi connectivity index (χ4v) is 4.92. The van der Waals surface area contributed by atoms with Crippen molar-refractivity contribution in [1.82, 2.24) is 9.21 Å². The van der Waals surface area contributed by atoms with Gasteiger partial charge in [-0.05, 0) is 38.4 Å². The molecule has 0 unspecified atom stereocenters. The number of carbonyl (C=O) groups is 1. The third kappa shape index (κ3) is 2.20. The molecule has 2 saturated heterocycles. The SMILES string of the molecule is Cc1ccc(S(=O)(=O)N2CC(C)(C)N3C(=O)[C@@H](N=[N+]=[N-])[C@H]32)cc1. The number of fused-ring (bicyclic) bond motifs is 1. The van der Waals surface area contributed by atoms with Gasteiger partial charge in [0.25, 0.3) is 0 Å². The molecule has 1 aromatic rings. The van der Waals surface area contributed by atoms with Gasteiger partial charge in [-0.3, -0.25) is 4.79 Å². The number of sulfonamides is 1. The van der Waals surface area contributed by atoms with E-state index < -0.39 is 27.8 Å². The van der Waals surface area contributed by atoms with Gasteiger partial charge in [-0.2, -0.15) is 4.31 Å². The van der Waals surface area contributed by atoms with Crippen LogP contribution in [0.3, 0.4) is 0 Å².